The molecule has 0 unspecified atom stereocenters. The molecule has 3 nitrogen and oxygen atoms in total. The molecule has 0 saturated carbocycles. The van der Waals surface area contributed by atoms with Gasteiger partial charge in [0.15, 0.2) is 0 Å². The molecule has 0 aliphatic carbocycles. The molecule has 18 heavy (non-hydrogen) atoms. The Hall–Kier alpha value is -0.0300. The van der Waals surface area contributed by atoms with Crippen molar-refractivity contribution in [2.75, 3.05) is 0 Å². The zero-order valence-corrected chi connectivity index (χ0v) is 13.6. The molecule has 0 bridgehead atoms. The van der Waals surface area contributed by atoms with Gasteiger partial charge in [0.05, 0.1) is 0 Å². The minimum Gasteiger partial charge on any atom is -1.00 e. The van der Waals surface area contributed by atoms with Crippen LogP contribution in [-0.4, -0.2) is 0 Å². The van der Waals surface area contributed by atoms with Crippen molar-refractivity contribution in [2.24, 2.45) is 0 Å². The van der Waals surface area contributed by atoms with Gasteiger partial charge >= 0.3 is 0 Å². The molecule has 0 atom stereocenters. The molecule has 1 aromatic carbocycles. The fraction of sp³-hybridized carbons (Fsp3) is 0.500. The van der Waals surface area contributed by atoms with Gasteiger partial charge in [0.2, 0.25) is 0 Å². The Labute approximate surface area is 128 Å². The molecule has 0 aromatic heterocycles. The average molecular weight is 317 g/mol. The van der Waals surface area contributed by atoms with E-state index in [-0.39, 0.29) is 37.2 Å². The molecule has 0 radical (unpaired) electrons. The largest absolute Gasteiger partial charge is 1.00 e. The monoisotopic (exact) mass is 315 g/mol. The van der Waals surface area contributed by atoms with Gasteiger partial charge in [0, 0.05) is 16.7 Å². The zero-order chi connectivity index (χ0) is 11.6. The second-order valence-corrected chi connectivity index (χ2v) is 4.06. The predicted molar refractivity (Wildman–Crippen MR) is 60.4 cm³/mol. The van der Waals surface area contributed by atoms with Gasteiger partial charge in [-0.25, -0.2) is 0 Å². The first-order valence-electron chi connectivity index (χ1n) is 5.56. The lowest BCUT2D eigenvalue weighted by molar-refractivity contribution is -0.389. The molecule has 0 aliphatic heterocycles. The Bertz CT molecular complexity index is 303. The Balaban J connectivity index is -0.000000750. The van der Waals surface area contributed by atoms with E-state index in [1.165, 1.54) is 33.4 Å². The fourth-order valence-electron chi connectivity index (χ4n) is 2.52. The standard InChI is InChI=1S/C12H21N3.3ClH/c1-7-10(4-13)8(2)12(6-15)9(3)11(7)5-14;;;/h4-6,13-15H2,1-3H3;3*1H. The third-order valence-corrected chi connectivity index (χ3v) is 3.47. The molecule has 0 fully saturated rings. The maximum absolute atomic E-state index is 4.02. The highest BCUT2D eigenvalue weighted by Gasteiger charge is 2.16. The molecular weight excluding hydrogens is 293 g/mol. The summed E-state index contributed by atoms with van der Waals surface area (Å²) in [7, 11) is 0. The topological polar surface area (TPSA) is 82.9 Å². The molecule has 0 aliphatic rings. The summed E-state index contributed by atoms with van der Waals surface area (Å²) in [5, 5.41) is 0. The van der Waals surface area contributed by atoms with E-state index in [0.717, 1.165) is 19.6 Å². The van der Waals surface area contributed by atoms with E-state index in [9.17, 15) is 0 Å². The average Bonchev–Trinajstić information content (AvgIpc) is 2.19. The van der Waals surface area contributed by atoms with Gasteiger partial charge in [-0.3, -0.25) is 0 Å². The van der Waals surface area contributed by atoms with Crippen LogP contribution in [0.3, 0.4) is 0 Å². The van der Waals surface area contributed by atoms with Crippen molar-refractivity contribution in [3.63, 3.8) is 0 Å². The quantitative estimate of drug-likeness (QED) is 0.495. The zero-order valence-electron chi connectivity index (χ0n) is 11.4. The molecular formula is C12H24Cl3N3. The van der Waals surface area contributed by atoms with Crippen molar-refractivity contribution in [2.45, 2.75) is 40.4 Å². The Kier molecular flexibility index (Phi) is 12.6. The third kappa shape index (κ3) is 3.98. The molecule has 1 aromatic rings. The van der Waals surface area contributed by atoms with Gasteiger partial charge < -0.3 is 54.4 Å². The van der Waals surface area contributed by atoms with Crippen LogP contribution in [0.15, 0.2) is 0 Å². The maximum Gasteiger partial charge on any atom is 0.100 e. The maximum atomic E-state index is 4.02. The second-order valence-electron chi connectivity index (χ2n) is 4.06. The van der Waals surface area contributed by atoms with E-state index in [4.69, 9.17) is 0 Å². The van der Waals surface area contributed by atoms with Gasteiger partial charge in [-0.15, -0.1) is 0 Å². The highest BCUT2D eigenvalue weighted by Crippen LogP contribution is 2.25. The highest BCUT2D eigenvalue weighted by atomic mass is 35.5. The lowest BCUT2D eigenvalue weighted by atomic mass is 9.88. The van der Waals surface area contributed by atoms with Crippen LogP contribution < -0.4 is 54.4 Å². The van der Waals surface area contributed by atoms with Crippen LogP contribution in [-0.2, 0) is 19.6 Å². The van der Waals surface area contributed by atoms with E-state index in [0.29, 0.717) is 0 Å². The number of rotatable bonds is 3. The molecule has 6 heteroatoms. The Morgan fingerprint density at radius 3 is 0.833 bits per heavy atom. The first kappa shape index (κ1) is 23.1. The summed E-state index contributed by atoms with van der Waals surface area (Å²) >= 11 is 0. The minimum absolute atomic E-state index is 0. The van der Waals surface area contributed by atoms with E-state index >= 15 is 0 Å². The van der Waals surface area contributed by atoms with Gasteiger partial charge in [-0.1, -0.05) is 0 Å². The summed E-state index contributed by atoms with van der Waals surface area (Å²) in [5.41, 5.74) is 20.4. The van der Waals surface area contributed by atoms with E-state index in [1.54, 1.807) is 0 Å². The smallest absolute Gasteiger partial charge is 0.100 e. The van der Waals surface area contributed by atoms with Crippen molar-refractivity contribution >= 4 is 0 Å². The van der Waals surface area contributed by atoms with E-state index < -0.39 is 0 Å². The highest BCUT2D eigenvalue weighted by molar-refractivity contribution is 5.49. The predicted octanol–water partition coefficient (Wildman–Crippen LogP) is -10.2. The molecule has 9 N–H and O–H groups in total. The first-order valence-corrected chi connectivity index (χ1v) is 5.56. The number of quaternary nitrogens is 3. The lowest BCUT2D eigenvalue weighted by Gasteiger charge is -2.17. The molecule has 0 saturated heterocycles. The normalized spacial score (nSPS) is 9.00. The van der Waals surface area contributed by atoms with Crippen molar-refractivity contribution < 1.29 is 54.4 Å². The fourth-order valence-corrected chi connectivity index (χ4v) is 2.52. The van der Waals surface area contributed by atoms with E-state index in [1.807, 2.05) is 0 Å². The summed E-state index contributed by atoms with van der Waals surface area (Å²) in [6.07, 6.45) is 0. The van der Waals surface area contributed by atoms with Crippen LogP contribution in [0.25, 0.3) is 0 Å². The molecule has 0 spiro atoms. The van der Waals surface area contributed by atoms with Crippen LogP contribution in [0.1, 0.15) is 33.4 Å². The van der Waals surface area contributed by atoms with Gasteiger partial charge in [0.1, 0.15) is 19.6 Å². The molecule has 108 valence electrons. The third-order valence-electron chi connectivity index (χ3n) is 3.47. The van der Waals surface area contributed by atoms with Crippen molar-refractivity contribution in [1.82, 2.24) is 0 Å². The van der Waals surface area contributed by atoms with Crippen molar-refractivity contribution in [3.05, 3.63) is 33.4 Å². The summed E-state index contributed by atoms with van der Waals surface area (Å²) < 4.78 is 0. The molecule has 0 amide bonds. The van der Waals surface area contributed by atoms with Crippen LogP contribution >= 0.6 is 0 Å². The molecule has 0 heterocycles. The number of hydrogen-bond donors (Lipinski definition) is 3. The summed E-state index contributed by atoms with van der Waals surface area (Å²) in [6, 6.07) is 0. The Morgan fingerprint density at radius 2 is 0.722 bits per heavy atom. The summed E-state index contributed by atoms with van der Waals surface area (Å²) in [6.45, 7) is 9.14. The van der Waals surface area contributed by atoms with Gasteiger partial charge in [0.25, 0.3) is 0 Å². The van der Waals surface area contributed by atoms with Crippen molar-refractivity contribution in [3.8, 4) is 0 Å². The number of halogens is 3. The van der Waals surface area contributed by atoms with E-state index in [2.05, 4.69) is 38.0 Å². The number of benzene rings is 1. The van der Waals surface area contributed by atoms with Gasteiger partial charge in [-0.05, 0) is 37.5 Å². The lowest BCUT2D eigenvalue weighted by Crippen LogP contribution is -3.00. The number of hydrogen-bond acceptors (Lipinski definition) is 0. The molecule has 1 rings (SSSR count). The van der Waals surface area contributed by atoms with Crippen molar-refractivity contribution in [1.29, 1.82) is 0 Å². The minimum atomic E-state index is 0. The summed E-state index contributed by atoms with van der Waals surface area (Å²) in [4.78, 5) is 0. The van der Waals surface area contributed by atoms with Gasteiger partial charge in [-0.2, -0.15) is 0 Å². The van der Waals surface area contributed by atoms with Crippen LogP contribution in [0.5, 0.6) is 0 Å². The van der Waals surface area contributed by atoms with Crippen LogP contribution in [0.2, 0.25) is 0 Å². The second kappa shape index (κ2) is 9.84. The Morgan fingerprint density at radius 1 is 0.556 bits per heavy atom. The first-order chi connectivity index (χ1) is 7.08. The summed E-state index contributed by atoms with van der Waals surface area (Å²) in [5.74, 6) is 0. The van der Waals surface area contributed by atoms with Crippen LogP contribution in [0.4, 0.5) is 0 Å². The SMILES string of the molecule is Cc1c(C[NH3+])c(C)c(C[NH3+])c(C)c1C[NH3+].[Cl-].[Cl-].[Cl-]. The van der Waals surface area contributed by atoms with Crippen LogP contribution in [0, 0.1) is 20.8 Å².